The zero-order valence-electron chi connectivity index (χ0n) is 16.3. The molecule has 1 aliphatic rings. The van der Waals surface area contributed by atoms with Crippen molar-refractivity contribution < 1.29 is 4.57 Å². The van der Waals surface area contributed by atoms with Crippen molar-refractivity contribution in [1.29, 1.82) is 0 Å². The maximum atomic E-state index is 15.0. The van der Waals surface area contributed by atoms with Crippen LogP contribution in [0.15, 0.2) is 109 Å². The monoisotopic (exact) mass is 425 g/mol. The molecular weight excluding hydrogens is 404 g/mol. The minimum absolute atomic E-state index is 0.867. The Bertz CT molecular complexity index is 1280. The minimum atomic E-state index is -3.04. The molecule has 2 atom stereocenters. The third-order valence-corrected chi connectivity index (χ3v) is 9.11. The molecule has 30 heavy (non-hydrogen) atoms. The van der Waals surface area contributed by atoms with E-state index in [1.807, 2.05) is 78.9 Å². The van der Waals surface area contributed by atoms with Crippen LogP contribution in [-0.4, -0.2) is 0 Å². The van der Waals surface area contributed by atoms with Crippen LogP contribution in [-0.2, 0) is 4.57 Å². The lowest BCUT2D eigenvalue weighted by atomic mass is 9.96. The van der Waals surface area contributed by atoms with Gasteiger partial charge < -0.3 is 9.65 Å². The van der Waals surface area contributed by atoms with Crippen molar-refractivity contribution in [1.82, 2.24) is 0 Å². The molecule has 2 nitrogen and oxygen atoms in total. The van der Waals surface area contributed by atoms with E-state index in [0.717, 1.165) is 43.9 Å². The largest absolute Gasteiger partial charge is 0.369 e. The van der Waals surface area contributed by atoms with E-state index in [2.05, 4.69) is 44.8 Å². The van der Waals surface area contributed by atoms with E-state index in [4.69, 9.17) is 0 Å². The first-order chi connectivity index (χ1) is 14.7. The number of rotatable bonds is 4. The molecule has 4 aromatic rings. The molecule has 0 amide bonds. The fraction of sp³-hybridized carbons (Fsp3) is 0. The maximum absolute atomic E-state index is 15.0. The molecule has 4 aromatic carbocycles. The van der Waals surface area contributed by atoms with Crippen LogP contribution >= 0.6 is 16.5 Å². The van der Waals surface area contributed by atoms with Crippen molar-refractivity contribution in [3.63, 3.8) is 0 Å². The highest BCUT2D eigenvalue weighted by Crippen LogP contribution is 2.65. The minimum Gasteiger partial charge on any atom is -0.369 e. The van der Waals surface area contributed by atoms with Gasteiger partial charge in [0.1, 0.15) is 0 Å². The van der Waals surface area contributed by atoms with Crippen molar-refractivity contribution >= 4 is 43.7 Å². The fourth-order valence-corrected chi connectivity index (χ4v) is 7.68. The first kappa shape index (κ1) is 19.1. The molecule has 5 rings (SSSR count). The van der Waals surface area contributed by atoms with Gasteiger partial charge in [0, 0.05) is 27.2 Å². The SMILES string of the molecule is O=P1(c2ccccc2)C(c2ccc(NP)cc2)=C(c2ccccc2)c2ccccc21. The lowest BCUT2D eigenvalue weighted by Crippen LogP contribution is -2.15. The van der Waals surface area contributed by atoms with Gasteiger partial charge in [-0.15, -0.1) is 0 Å². The second kappa shape index (κ2) is 7.73. The van der Waals surface area contributed by atoms with Crippen LogP contribution in [0.3, 0.4) is 0 Å². The highest BCUT2D eigenvalue weighted by molar-refractivity contribution is 7.88. The Labute approximate surface area is 179 Å². The molecule has 0 saturated heterocycles. The molecule has 1 N–H and O–H groups in total. The first-order valence-corrected chi connectivity index (χ1v) is 12.1. The molecule has 0 radical (unpaired) electrons. The summed E-state index contributed by atoms with van der Waals surface area (Å²) in [5, 5.41) is 5.78. The summed E-state index contributed by atoms with van der Waals surface area (Å²) >= 11 is 0. The Morgan fingerprint density at radius 3 is 1.90 bits per heavy atom. The zero-order chi connectivity index (χ0) is 20.6. The van der Waals surface area contributed by atoms with Crippen molar-refractivity contribution in [2.45, 2.75) is 0 Å². The Kier molecular flexibility index (Phi) is 4.91. The van der Waals surface area contributed by atoms with Gasteiger partial charge in [0.25, 0.3) is 0 Å². The molecule has 2 unspecified atom stereocenters. The predicted molar refractivity (Wildman–Crippen MR) is 132 cm³/mol. The van der Waals surface area contributed by atoms with Gasteiger partial charge in [0.2, 0.25) is 0 Å². The lowest BCUT2D eigenvalue weighted by Gasteiger charge is -2.20. The van der Waals surface area contributed by atoms with E-state index in [-0.39, 0.29) is 0 Å². The Morgan fingerprint density at radius 2 is 1.23 bits per heavy atom. The molecule has 1 aliphatic heterocycles. The summed E-state index contributed by atoms with van der Waals surface area (Å²) in [7, 11) is -0.519. The van der Waals surface area contributed by atoms with E-state index in [0.29, 0.717) is 0 Å². The van der Waals surface area contributed by atoms with Crippen LogP contribution in [0.1, 0.15) is 16.7 Å². The first-order valence-electron chi connectivity index (χ1n) is 9.86. The maximum Gasteiger partial charge on any atom is 0.172 e. The van der Waals surface area contributed by atoms with Gasteiger partial charge in [0.15, 0.2) is 7.14 Å². The van der Waals surface area contributed by atoms with Crippen molar-refractivity contribution in [2.24, 2.45) is 0 Å². The molecule has 0 fully saturated rings. The summed E-state index contributed by atoms with van der Waals surface area (Å²) in [4.78, 5) is 0. The lowest BCUT2D eigenvalue weighted by molar-refractivity contribution is 0.593. The molecule has 1 heterocycles. The average molecular weight is 425 g/mol. The summed E-state index contributed by atoms with van der Waals surface area (Å²) in [6, 6.07) is 36.5. The number of benzene rings is 4. The van der Waals surface area contributed by atoms with E-state index in [1.54, 1.807) is 0 Å². The molecule has 4 heteroatoms. The summed E-state index contributed by atoms with van der Waals surface area (Å²) < 4.78 is 15.0. The van der Waals surface area contributed by atoms with E-state index >= 15 is 4.57 Å². The highest BCUT2D eigenvalue weighted by Gasteiger charge is 2.43. The van der Waals surface area contributed by atoms with Crippen LogP contribution in [0.2, 0.25) is 0 Å². The molecule has 146 valence electrons. The molecule has 0 saturated carbocycles. The number of nitrogens with one attached hydrogen (secondary N) is 1. The molecule has 0 bridgehead atoms. The number of anilines is 1. The second-order valence-corrected chi connectivity index (χ2v) is 10.2. The van der Waals surface area contributed by atoms with Gasteiger partial charge in [0.05, 0.1) is 0 Å². The normalized spacial score (nSPS) is 17.6. The summed E-state index contributed by atoms with van der Waals surface area (Å²) in [6.07, 6.45) is 0. The summed E-state index contributed by atoms with van der Waals surface area (Å²) in [5.41, 5.74) is 5.18. The quantitative estimate of drug-likeness (QED) is 0.399. The van der Waals surface area contributed by atoms with E-state index in [9.17, 15) is 0 Å². The van der Waals surface area contributed by atoms with Gasteiger partial charge >= 0.3 is 0 Å². The average Bonchev–Trinajstić information content (AvgIpc) is 3.10. The van der Waals surface area contributed by atoms with E-state index < -0.39 is 7.14 Å². The Morgan fingerprint density at radius 1 is 0.633 bits per heavy atom. The van der Waals surface area contributed by atoms with Crippen molar-refractivity contribution in [3.8, 4) is 0 Å². The third-order valence-electron chi connectivity index (χ3n) is 5.57. The molecule has 0 aromatic heterocycles. The highest BCUT2D eigenvalue weighted by atomic mass is 31.2. The van der Waals surface area contributed by atoms with Crippen LogP contribution in [0.25, 0.3) is 10.9 Å². The summed E-state index contributed by atoms with van der Waals surface area (Å²) in [5.74, 6) is 0. The van der Waals surface area contributed by atoms with Crippen molar-refractivity contribution in [2.75, 3.05) is 5.09 Å². The number of hydrogen-bond donors (Lipinski definition) is 1. The predicted octanol–water partition coefficient (Wildman–Crippen LogP) is 6.13. The smallest absolute Gasteiger partial charge is 0.172 e. The topological polar surface area (TPSA) is 29.1 Å². The van der Waals surface area contributed by atoms with Gasteiger partial charge in [-0.05, 0) is 38.2 Å². The van der Waals surface area contributed by atoms with Gasteiger partial charge in [-0.1, -0.05) is 97.1 Å². The van der Waals surface area contributed by atoms with E-state index in [1.165, 1.54) is 0 Å². The van der Waals surface area contributed by atoms with Crippen LogP contribution in [0, 0.1) is 0 Å². The summed E-state index contributed by atoms with van der Waals surface area (Å²) in [6.45, 7) is 0. The zero-order valence-corrected chi connectivity index (χ0v) is 18.4. The Balaban J connectivity index is 1.89. The van der Waals surface area contributed by atoms with Gasteiger partial charge in [-0.3, -0.25) is 0 Å². The van der Waals surface area contributed by atoms with Gasteiger partial charge in [-0.25, -0.2) is 0 Å². The number of hydrogen-bond acceptors (Lipinski definition) is 2. The van der Waals surface area contributed by atoms with Crippen molar-refractivity contribution in [3.05, 3.63) is 126 Å². The van der Waals surface area contributed by atoms with Crippen LogP contribution in [0.4, 0.5) is 5.69 Å². The molecule has 0 spiro atoms. The van der Waals surface area contributed by atoms with Crippen LogP contribution < -0.4 is 15.7 Å². The molecule has 0 aliphatic carbocycles. The van der Waals surface area contributed by atoms with Crippen LogP contribution in [0.5, 0.6) is 0 Å². The standard InChI is InChI=1S/C26H21NOP2/c28-30(22-11-5-2-6-12-22)24-14-8-7-13-23(24)25(19-9-3-1-4-10-19)26(30)20-15-17-21(27-29)18-16-20/h1-18,27H,29H2. The third kappa shape index (κ3) is 2.96. The molecular formula is C26H21NOP2. The number of fused-ring (bicyclic) bond motifs is 1. The van der Waals surface area contributed by atoms with Gasteiger partial charge in [-0.2, -0.15) is 0 Å². The second-order valence-electron chi connectivity index (χ2n) is 7.27. The fourth-order valence-electron chi connectivity index (χ4n) is 4.22. The Hall–Kier alpha value is -2.92.